The van der Waals surface area contributed by atoms with E-state index in [1.165, 1.54) is 6.42 Å². The molecule has 26 heavy (non-hydrogen) atoms. The van der Waals surface area contributed by atoms with Crippen molar-refractivity contribution < 1.29 is 14.3 Å². The minimum atomic E-state index is -0.710. The number of hydrogen-bond donors (Lipinski definition) is 2. The number of nitrogens with two attached hydrogens (primary N) is 1. The molecule has 5 nitrogen and oxygen atoms in total. The quantitative estimate of drug-likeness (QED) is 0.733. The molecule has 1 amide bonds. The van der Waals surface area contributed by atoms with Crippen LogP contribution in [0.1, 0.15) is 45.6 Å². The number of rotatable bonds is 7. The Labute approximate surface area is 156 Å². The van der Waals surface area contributed by atoms with E-state index in [1.54, 1.807) is 0 Å². The van der Waals surface area contributed by atoms with Crippen LogP contribution in [0.25, 0.3) is 0 Å². The van der Waals surface area contributed by atoms with E-state index in [2.05, 4.69) is 26.1 Å². The van der Waals surface area contributed by atoms with Crippen molar-refractivity contribution in [2.75, 3.05) is 6.54 Å². The summed E-state index contributed by atoms with van der Waals surface area (Å²) in [5.41, 5.74) is 6.39. The highest BCUT2D eigenvalue weighted by Gasteiger charge is 2.35. The number of benzene rings is 1. The van der Waals surface area contributed by atoms with Gasteiger partial charge in [0.15, 0.2) is 0 Å². The third-order valence-corrected chi connectivity index (χ3v) is 5.32. The molecule has 3 N–H and O–H groups in total. The summed E-state index contributed by atoms with van der Waals surface area (Å²) < 4.78 is 5.92. The van der Waals surface area contributed by atoms with Gasteiger partial charge in [0.25, 0.3) is 0 Å². The van der Waals surface area contributed by atoms with Gasteiger partial charge in [-0.1, -0.05) is 57.5 Å². The van der Waals surface area contributed by atoms with Crippen molar-refractivity contribution in [3.63, 3.8) is 0 Å². The first-order valence-electron chi connectivity index (χ1n) is 9.64. The molecule has 0 heterocycles. The molecule has 0 spiro atoms. The molecular weight excluding hydrogens is 328 g/mol. The fraction of sp³-hybridized carbons (Fsp3) is 0.619. The smallest absolute Gasteiger partial charge is 0.329 e. The first-order chi connectivity index (χ1) is 12.4. The Morgan fingerprint density at radius 1 is 1.23 bits per heavy atom. The maximum atomic E-state index is 12.9. The largest absolute Gasteiger partial charge is 0.461 e. The van der Waals surface area contributed by atoms with Crippen molar-refractivity contribution >= 4 is 11.9 Å². The molecule has 0 bridgehead atoms. The topological polar surface area (TPSA) is 81.4 Å². The molecule has 1 aliphatic rings. The van der Waals surface area contributed by atoms with E-state index in [1.807, 2.05) is 30.3 Å². The van der Waals surface area contributed by atoms with Crippen LogP contribution in [-0.4, -0.2) is 30.6 Å². The van der Waals surface area contributed by atoms with Gasteiger partial charge < -0.3 is 15.8 Å². The molecule has 0 aliphatic heterocycles. The molecule has 1 aromatic carbocycles. The number of carbonyl (C=O) groups is 2. The molecular formula is C21H32N2O3. The zero-order chi connectivity index (χ0) is 19.1. The lowest BCUT2D eigenvalue weighted by Gasteiger charge is -2.37. The van der Waals surface area contributed by atoms with Gasteiger partial charge in [0, 0.05) is 6.42 Å². The van der Waals surface area contributed by atoms with Crippen LogP contribution in [0.2, 0.25) is 0 Å². The molecule has 5 heteroatoms. The van der Waals surface area contributed by atoms with Crippen LogP contribution in [0.4, 0.5) is 0 Å². The second-order valence-corrected chi connectivity index (χ2v) is 7.82. The predicted molar refractivity (Wildman–Crippen MR) is 102 cm³/mol. The van der Waals surface area contributed by atoms with Crippen molar-refractivity contribution in [2.24, 2.45) is 23.5 Å². The van der Waals surface area contributed by atoms with Crippen LogP contribution in [0.15, 0.2) is 30.3 Å². The van der Waals surface area contributed by atoms with Gasteiger partial charge in [-0.05, 0) is 36.2 Å². The first-order valence-corrected chi connectivity index (χ1v) is 9.64. The minimum absolute atomic E-state index is 0.0840. The summed E-state index contributed by atoms with van der Waals surface area (Å²) in [6.07, 6.45) is 3.46. The summed E-state index contributed by atoms with van der Waals surface area (Å²) in [5, 5.41) is 2.72. The zero-order valence-electron chi connectivity index (χ0n) is 16.1. The zero-order valence-corrected chi connectivity index (χ0v) is 16.1. The normalized spacial score (nSPS) is 24.1. The van der Waals surface area contributed by atoms with Crippen LogP contribution >= 0.6 is 0 Å². The van der Waals surface area contributed by atoms with E-state index >= 15 is 0 Å². The Morgan fingerprint density at radius 2 is 1.92 bits per heavy atom. The van der Waals surface area contributed by atoms with Gasteiger partial charge in [-0.2, -0.15) is 0 Å². The average Bonchev–Trinajstić information content (AvgIpc) is 2.61. The van der Waals surface area contributed by atoms with E-state index < -0.39 is 6.04 Å². The van der Waals surface area contributed by atoms with Gasteiger partial charge in [0.1, 0.15) is 12.1 Å². The fourth-order valence-electron chi connectivity index (χ4n) is 3.78. The van der Waals surface area contributed by atoms with Crippen molar-refractivity contribution in [3.8, 4) is 0 Å². The molecule has 0 saturated heterocycles. The summed E-state index contributed by atoms with van der Waals surface area (Å²) in [4.78, 5) is 24.7. The monoisotopic (exact) mass is 360 g/mol. The Kier molecular flexibility index (Phi) is 7.64. The highest BCUT2D eigenvalue weighted by molar-refractivity contribution is 5.85. The lowest BCUT2D eigenvalue weighted by atomic mass is 9.75. The Morgan fingerprint density at radius 3 is 2.54 bits per heavy atom. The highest BCUT2D eigenvalue weighted by atomic mass is 16.5. The molecule has 1 aromatic rings. The second kappa shape index (κ2) is 9.72. The molecule has 2 rings (SSSR count). The number of nitrogens with one attached hydrogen (secondary N) is 1. The summed E-state index contributed by atoms with van der Waals surface area (Å²) in [5.74, 6) is 0.680. The molecule has 1 saturated carbocycles. The van der Waals surface area contributed by atoms with Gasteiger partial charge in [0.05, 0.1) is 6.54 Å². The van der Waals surface area contributed by atoms with Crippen LogP contribution in [0.3, 0.4) is 0 Å². The summed E-state index contributed by atoms with van der Waals surface area (Å²) in [7, 11) is 0. The van der Waals surface area contributed by atoms with Gasteiger partial charge in [-0.15, -0.1) is 0 Å². The lowest BCUT2D eigenvalue weighted by molar-refractivity contribution is -0.159. The molecule has 0 aromatic heterocycles. The summed E-state index contributed by atoms with van der Waals surface area (Å²) in [6.45, 7) is 6.42. The molecule has 4 atom stereocenters. The predicted octanol–water partition coefficient (Wildman–Crippen LogP) is 2.68. The van der Waals surface area contributed by atoms with E-state index in [4.69, 9.17) is 10.5 Å². The van der Waals surface area contributed by atoms with E-state index in [9.17, 15) is 9.59 Å². The van der Waals surface area contributed by atoms with Crippen LogP contribution < -0.4 is 11.1 Å². The standard InChI is InChI=1S/C21H32N2O3/c1-14(2)17-10-9-15(3)11-19(17)26-21(25)18(23-20(24)13-22)12-16-7-5-4-6-8-16/h4-8,14-15,17-19H,9-13,22H2,1-3H3,(H,23,24)/t15-,17+,18?,19-/m1/s1. The number of hydrogen-bond acceptors (Lipinski definition) is 4. The first kappa shape index (κ1) is 20.4. The SMILES string of the molecule is CC(C)[C@@H]1CC[C@@H](C)C[C@H]1OC(=O)C(Cc1ccccc1)NC(=O)CN. The number of ether oxygens (including phenoxy) is 1. The third kappa shape index (κ3) is 5.84. The lowest BCUT2D eigenvalue weighted by Crippen LogP contribution is -2.48. The van der Waals surface area contributed by atoms with Crippen molar-refractivity contribution in [3.05, 3.63) is 35.9 Å². The number of amides is 1. The van der Waals surface area contributed by atoms with Crippen LogP contribution in [0, 0.1) is 17.8 Å². The number of carbonyl (C=O) groups excluding carboxylic acids is 2. The van der Waals surface area contributed by atoms with Crippen LogP contribution in [-0.2, 0) is 20.7 Å². The maximum absolute atomic E-state index is 12.9. The third-order valence-electron chi connectivity index (χ3n) is 5.32. The van der Waals surface area contributed by atoms with Crippen molar-refractivity contribution in [1.82, 2.24) is 5.32 Å². The van der Waals surface area contributed by atoms with Gasteiger partial charge in [0.2, 0.25) is 5.91 Å². The van der Waals surface area contributed by atoms with E-state index in [0.29, 0.717) is 24.2 Å². The van der Waals surface area contributed by atoms with E-state index in [-0.39, 0.29) is 24.5 Å². The fourth-order valence-corrected chi connectivity index (χ4v) is 3.78. The Hall–Kier alpha value is -1.88. The molecule has 1 aliphatic carbocycles. The van der Waals surface area contributed by atoms with Crippen molar-refractivity contribution in [1.29, 1.82) is 0 Å². The minimum Gasteiger partial charge on any atom is -0.461 e. The highest BCUT2D eigenvalue weighted by Crippen LogP contribution is 2.35. The number of esters is 1. The molecule has 1 fully saturated rings. The summed E-state index contributed by atoms with van der Waals surface area (Å²) in [6, 6.07) is 8.92. The molecule has 144 valence electrons. The van der Waals surface area contributed by atoms with Gasteiger partial charge in [-0.3, -0.25) is 4.79 Å². The Bertz CT molecular complexity index is 588. The van der Waals surface area contributed by atoms with E-state index in [0.717, 1.165) is 18.4 Å². The second-order valence-electron chi connectivity index (χ2n) is 7.82. The average molecular weight is 360 g/mol. The maximum Gasteiger partial charge on any atom is 0.329 e. The van der Waals surface area contributed by atoms with Crippen molar-refractivity contribution in [2.45, 2.75) is 58.6 Å². The van der Waals surface area contributed by atoms with Crippen LogP contribution in [0.5, 0.6) is 0 Å². The Balaban J connectivity index is 2.09. The summed E-state index contributed by atoms with van der Waals surface area (Å²) >= 11 is 0. The molecule has 1 unspecified atom stereocenters. The van der Waals surface area contributed by atoms with Gasteiger partial charge >= 0.3 is 5.97 Å². The molecule has 0 radical (unpaired) electrons. The van der Waals surface area contributed by atoms with Gasteiger partial charge in [-0.25, -0.2) is 4.79 Å².